The highest BCUT2D eigenvalue weighted by molar-refractivity contribution is 7.92. The van der Waals surface area contributed by atoms with Crippen molar-refractivity contribution in [3.05, 3.63) is 100.0 Å². The minimum Gasteiger partial charge on any atom is -0.490 e. The predicted octanol–water partition coefficient (Wildman–Crippen LogP) is 7.16. The molecule has 1 fully saturated rings. The van der Waals surface area contributed by atoms with E-state index in [4.69, 9.17) is 21.1 Å². The summed E-state index contributed by atoms with van der Waals surface area (Å²) in [6.07, 6.45) is 14.3. The molecule has 4 aromatic rings. The van der Waals surface area contributed by atoms with Crippen molar-refractivity contribution in [3.63, 3.8) is 0 Å². The van der Waals surface area contributed by atoms with E-state index in [-0.39, 0.29) is 23.2 Å². The lowest BCUT2D eigenvalue weighted by atomic mass is 9.68. The molecule has 5 heterocycles. The third kappa shape index (κ3) is 6.77. The summed E-state index contributed by atoms with van der Waals surface area (Å²) in [7, 11) is 0.118. The van der Waals surface area contributed by atoms with Gasteiger partial charge in [-0.05, 0) is 104 Å². The molecule has 0 unspecified atom stereocenters. The van der Waals surface area contributed by atoms with Crippen LogP contribution < -0.4 is 14.4 Å². The first-order chi connectivity index (χ1) is 27.0. The molecule has 0 saturated heterocycles. The van der Waals surface area contributed by atoms with Gasteiger partial charge >= 0.3 is 0 Å². The molecule has 2 aliphatic carbocycles. The number of anilines is 1. The Morgan fingerprint density at radius 1 is 1.14 bits per heavy atom. The van der Waals surface area contributed by atoms with Gasteiger partial charge in [0.1, 0.15) is 15.7 Å². The number of methoxy groups -OCH3 is 1. The van der Waals surface area contributed by atoms with Crippen LogP contribution in [0.4, 0.5) is 5.69 Å². The van der Waals surface area contributed by atoms with Crippen LogP contribution in [0.5, 0.6) is 5.75 Å². The van der Waals surface area contributed by atoms with Crippen molar-refractivity contribution in [1.82, 2.24) is 19.1 Å². The normalized spacial score (nSPS) is 29.0. The van der Waals surface area contributed by atoms with Crippen LogP contribution in [0.3, 0.4) is 0 Å². The number of allylic oxidation sites excluding steroid dienone is 1. The van der Waals surface area contributed by atoms with Gasteiger partial charge in [-0.25, -0.2) is 4.21 Å². The van der Waals surface area contributed by atoms with Gasteiger partial charge < -0.3 is 18.9 Å². The van der Waals surface area contributed by atoms with Crippen molar-refractivity contribution in [2.45, 2.75) is 69.9 Å². The van der Waals surface area contributed by atoms with E-state index in [1.165, 1.54) is 11.1 Å². The number of fused-ring (bicyclic) bond motifs is 7. The molecule has 294 valence electrons. The van der Waals surface area contributed by atoms with Crippen LogP contribution in [0.1, 0.15) is 76.6 Å². The number of rotatable bonds is 3. The minimum absolute atomic E-state index is 0.00492. The van der Waals surface area contributed by atoms with Crippen LogP contribution in [0.15, 0.2) is 71.4 Å². The molecule has 2 amide bonds. The Labute approximate surface area is 333 Å². The second-order valence-electron chi connectivity index (χ2n) is 16.6. The summed E-state index contributed by atoms with van der Waals surface area (Å²) in [5.41, 5.74) is 6.71. The van der Waals surface area contributed by atoms with Gasteiger partial charge in [0.2, 0.25) is 0 Å². The van der Waals surface area contributed by atoms with Gasteiger partial charge in [-0.15, -0.1) is 4.36 Å². The average molecular weight is 797 g/mol. The molecule has 2 aromatic carbocycles. The fourth-order valence-electron chi connectivity index (χ4n) is 9.82. The van der Waals surface area contributed by atoms with E-state index in [2.05, 4.69) is 43.4 Å². The summed E-state index contributed by atoms with van der Waals surface area (Å²) in [4.78, 5) is 30.5. The molecule has 3 aliphatic heterocycles. The second kappa shape index (κ2) is 14.5. The predicted molar refractivity (Wildman–Crippen MR) is 218 cm³/mol. The Bertz CT molecular complexity index is 2380. The topological polar surface area (TPSA) is 120 Å². The number of carbonyl (C=O) groups is 2. The van der Waals surface area contributed by atoms with Gasteiger partial charge in [0, 0.05) is 73.7 Å². The summed E-state index contributed by atoms with van der Waals surface area (Å²) in [6, 6.07) is 13.4. The Balaban J connectivity index is 1.09. The lowest BCUT2D eigenvalue weighted by Gasteiger charge is -2.46. The Morgan fingerprint density at radius 2 is 2.02 bits per heavy atom. The highest BCUT2D eigenvalue weighted by Crippen LogP contribution is 2.47. The van der Waals surface area contributed by atoms with E-state index in [1.54, 1.807) is 25.4 Å². The van der Waals surface area contributed by atoms with E-state index >= 15 is 0 Å². The number of nitrogens with zero attached hydrogens (tertiary/aromatic N) is 5. The number of benzene rings is 2. The second-order valence-corrected chi connectivity index (χ2v) is 19.0. The van der Waals surface area contributed by atoms with Gasteiger partial charge in [-0.3, -0.25) is 19.0 Å². The van der Waals surface area contributed by atoms with Gasteiger partial charge in [0.15, 0.2) is 0 Å². The van der Waals surface area contributed by atoms with Gasteiger partial charge in [-0.2, -0.15) is 5.10 Å². The van der Waals surface area contributed by atoms with E-state index < -0.39 is 21.7 Å². The van der Waals surface area contributed by atoms with Crippen molar-refractivity contribution in [3.8, 4) is 17.0 Å². The molecule has 13 heteroatoms. The quantitative estimate of drug-likeness (QED) is 0.219. The van der Waals surface area contributed by atoms with Crippen LogP contribution >= 0.6 is 11.6 Å². The fourth-order valence-corrected chi connectivity index (χ4v) is 11.9. The number of aromatic nitrogens is 3. The number of aryl methyl sites for hydroxylation is 3. The average Bonchev–Trinajstić information content (AvgIpc) is 3.73. The lowest BCUT2D eigenvalue weighted by molar-refractivity contribution is 0.0131. The van der Waals surface area contributed by atoms with E-state index in [0.717, 1.165) is 72.7 Å². The molecule has 11 nitrogen and oxygen atoms in total. The minimum atomic E-state index is -3.57. The molecule has 2 bridgehead atoms. The number of amides is 2. The van der Waals surface area contributed by atoms with Gasteiger partial charge in [-0.1, -0.05) is 36.7 Å². The highest BCUT2D eigenvalue weighted by Gasteiger charge is 2.44. The SMILES string of the molecule is CO[C@H]1/C=C/C[C@H](C)C[S@@](=O)(NC(=O)c2cc3n(c2)CCc2c-3cnn2C)=NC(=O)c2ccc3c(c2)N(C[C@@H]2CC[C@H]21)C[C@@]1(CCCc2cc(Cl)ccc21)CO3. The molecule has 9 rings (SSSR count). The smallest absolute Gasteiger partial charge is 0.286 e. The number of ether oxygens (including phenoxy) is 2. The standard InChI is InChI=1S/C43H49ClN6O5S/c1-27-6-4-8-39(54-3)33-12-9-30(33)22-50-25-43(16-5-7-28-18-32(44)11-13-35(28)43)26-55-40-14-10-29(19-38(40)50)41(51)46-56(53,24-27)47-42(52)31-20-37-34-21-45-48(2)36(34)15-17-49(37)23-31/h4,8,10-11,13-14,18-21,23,27,30,33,39H,5-7,9,12,15-17,22,24-26H2,1-3H3,(H,46,47,51,52,53)/b8-4+/t27-,30-,33+,39-,43-,56-/m0/s1. The van der Waals surface area contributed by atoms with Crippen molar-refractivity contribution in [2.75, 3.05) is 37.5 Å². The molecule has 1 N–H and O–H groups in total. The summed E-state index contributed by atoms with van der Waals surface area (Å²) in [5.74, 6) is 0.101. The van der Waals surface area contributed by atoms with Crippen molar-refractivity contribution in [2.24, 2.45) is 29.2 Å². The number of halogens is 1. The third-order valence-corrected chi connectivity index (χ3v) is 15.1. The first-order valence-electron chi connectivity index (χ1n) is 19.8. The van der Waals surface area contributed by atoms with Crippen molar-refractivity contribution in [1.29, 1.82) is 0 Å². The third-order valence-electron chi connectivity index (χ3n) is 12.9. The molecule has 2 aromatic heterocycles. The van der Waals surface area contributed by atoms with Gasteiger partial charge in [0.25, 0.3) is 11.8 Å². The molecule has 0 radical (unpaired) electrons. The summed E-state index contributed by atoms with van der Waals surface area (Å²) in [6.45, 7) is 4.66. The maximum Gasteiger partial charge on any atom is 0.286 e. The van der Waals surface area contributed by atoms with Gasteiger partial charge in [0.05, 0.1) is 41.6 Å². The Hall–Kier alpha value is -4.39. The number of carbonyl (C=O) groups excluding carboxylic acids is 2. The highest BCUT2D eigenvalue weighted by atomic mass is 35.5. The molecule has 56 heavy (non-hydrogen) atoms. The van der Waals surface area contributed by atoms with E-state index in [1.807, 2.05) is 47.6 Å². The zero-order chi connectivity index (χ0) is 38.8. The largest absolute Gasteiger partial charge is 0.490 e. The molecular formula is C43H49ClN6O5S. The summed E-state index contributed by atoms with van der Waals surface area (Å²) in [5, 5.41) is 5.15. The van der Waals surface area contributed by atoms with Crippen LogP contribution in [0.2, 0.25) is 5.02 Å². The van der Waals surface area contributed by atoms with E-state index in [0.29, 0.717) is 54.8 Å². The van der Waals surface area contributed by atoms with Crippen LogP contribution in [-0.4, -0.2) is 69.0 Å². The Kier molecular flexibility index (Phi) is 9.65. The molecular weight excluding hydrogens is 748 g/mol. The van der Waals surface area contributed by atoms with E-state index in [9.17, 15) is 13.8 Å². The monoisotopic (exact) mass is 796 g/mol. The fraction of sp³-hybridized carbons (Fsp3) is 0.465. The number of hydrogen-bond acceptors (Lipinski definition) is 7. The molecule has 1 saturated carbocycles. The molecule has 5 aliphatic rings. The zero-order valence-corrected chi connectivity index (χ0v) is 33.8. The van der Waals surface area contributed by atoms with Crippen LogP contribution in [0.25, 0.3) is 11.3 Å². The maximum absolute atomic E-state index is 14.9. The summed E-state index contributed by atoms with van der Waals surface area (Å²) >= 11 is 6.48. The van der Waals surface area contributed by atoms with Crippen LogP contribution in [0, 0.1) is 17.8 Å². The number of nitrogens with one attached hydrogen (secondary N) is 1. The van der Waals surface area contributed by atoms with Crippen LogP contribution in [-0.2, 0) is 46.5 Å². The van der Waals surface area contributed by atoms with Crippen molar-refractivity contribution < 1.29 is 23.3 Å². The zero-order valence-electron chi connectivity index (χ0n) is 32.2. The van der Waals surface area contributed by atoms with Crippen molar-refractivity contribution >= 4 is 39.0 Å². The number of hydrogen-bond donors (Lipinski definition) is 1. The first-order valence-corrected chi connectivity index (χ1v) is 21.9. The maximum atomic E-state index is 14.9. The lowest BCUT2D eigenvalue weighted by Crippen LogP contribution is -2.49. The summed E-state index contributed by atoms with van der Waals surface area (Å²) < 4.78 is 38.6. The molecule has 6 atom stereocenters. The molecule has 1 spiro atoms. The Morgan fingerprint density at radius 3 is 2.84 bits per heavy atom. The first kappa shape index (κ1) is 37.2.